The van der Waals surface area contributed by atoms with Crippen molar-refractivity contribution in [1.82, 2.24) is 9.78 Å². The molecule has 1 aromatic carbocycles. The molecule has 2 atom stereocenters. The first-order valence-corrected chi connectivity index (χ1v) is 10.2. The number of benzene rings is 1. The van der Waals surface area contributed by atoms with E-state index < -0.39 is 0 Å². The summed E-state index contributed by atoms with van der Waals surface area (Å²) in [6, 6.07) is 9.80. The van der Waals surface area contributed by atoms with Gasteiger partial charge in [-0.05, 0) is 60.5 Å². The van der Waals surface area contributed by atoms with Crippen molar-refractivity contribution >= 4 is 34.8 Å². The zero-order valence-electron chi connectivity index (χ0n) is 14.7. The van der Waals surface area contributed by atoms with Crippen LogP contribution in [0.5, 0.6) is 5.75 Å². The summed E-state index contributed by atoms with van der Waals surface area (Å²) in [4.78, 5) is 12.6. The van der Waals surface area contributed by atoms with Gasteiger partial charge in [-0.1, -0.05) is 0 Å². The number of nitrogens with one attached hydrogen (secondary N) is 1. The molecule has 26 heavy (non-hydrogen) atoms. The van der Waals surface area contributed by atoms with Crippen LogP contribution in [0.4, 0.5) is 5.82 Å². The first-order valence-electron chi connectivity index (χ1n) is 8.31. The van der Waals surface area contributed by atoms with Crippen molar-refractivity contribution in [3.8, 4) is 11.4 Å². The minimum Gasteiger partial charge on any atom is -0.497 e. The smallest absolute Gasteiger partial charge is 0.238 e. The summed E-state index contributed by atoms with van der Waals surface area (Å²) >= 11 is 3.34. The van der Waals surface area contributed by atoms with Crippen molar-refractivity contribution in [2.24, 2.45) is 0 Å². The van der Waals surface area contributed by atoms with Gasteiger partial charge in [0, 0.05) is 5.56 Å². The van der Waals surface area contributed by atoms with Crippen LogP contribution in [0.15, 0.2) is 41.1 Å². The largest absolute Gasteiger partial charge is 0.497 e. The van der Waals surface area contributed by atoms with Crippen molar-refractivity contribution in [2.45, 2.75) is 24.3 Å². The van der Waals surface area contributed by atoms with Crippen LogP contribution in [0.2, 0.25) is 0 Å². The normalized spacial score (nSPS) is 19.6. The first-order chi connectivity index (χ1) is 12.6. The summed E-state index contributed by atoms with van der Waals surface area (Å²) < 4.78 is 7.06. The Labute approximate surface area is 160 Å². The van der Waals surface area contributed by atoms with Crippen molar-refractivity contribution in [3.63, 3.8) is 0 Å². The number of carbonyl (C=O) groups is 1. The fraction of sp³-hybridized carbons (Fsp3) is 0.263. The molecule has 2 aromatic heterocycles. The fourth-order valence-electron chi connectivity index (χ4n) is 3.11. The second kappa shape index (κ2) is 6.81. The highest BCUT2D eigenvalue weighted by Gasteiger charge is 2.34. The van der Waals surface area contributed by atoms with Crippen LogP contribution in [-0.4, -0.2) is 28.0 Å². The lowest BCUT2D eigenvalue weighted by atomic mass is 10.1. The van der Waals surface area contributed by atoms with Crippen LogP contribution in [0.1, 0.15) is 29.0 Å². The maximum absolute atomic E-state index is 12.6. The van der Waals surface area contributed by atoms with Crippen LogP contribution >= 0.6 is 23.1 Å². The summed E-state index contributed by atoms with van der Waals surface area (Å²) in [5.41, 5.74) is 4.09. The summed E-state index contributed by atoms with van der Waals surface area (Å²) in [5.74, 6) is 1.54. The number of hydrogen-bond acceptors (Lipinski definition) is 5. The van der Waals surface area contributed by atoms with Gasteiger partial charge in [0.1, 0.15) is 11.6 Å². The molecule has 0 radical (unpaired) electrons. The summed E-state index contributed by atoms with van der Waals surface area (Å²) in [5, 5.41) is 12.0. The van der Waals surface area contributed by atoms with Gasteiger partial charge in [-0.15, -0.1) is 11.8 Å². The molecule has 1 amide bonds. The number of nitrogens with zero attached hydrogens (tertiary/aromatic N) is 2. The van der Waals surface area contributed by atoms with Gasteiger partial charge in [-0.2, -0.15) is 16.4 Å². The van der Waals surface area contributed by atoms with E-state index in [-0.39, 0.29) is 16.4 Å². The van der Waals surface area contributed by atoms with Gasteiger partial charge in [0.2, 0.25) is 5.91 Å². The minimum absolute atomic E-state index is 0.00337. The minimum atomic E-state index is -0.143. The van der Waals surface area contributed by atoms with Crippen molar-refractivity contribution in [1.29, 1.82) is 0 Å². The second-order valence-corrected chi connectivity index (χ2v) is 8.39. The second-order valence-electron chi connectivity index (χ2n) is 6.16. The summed E-state index contributed by atoms with van der Waals surface area (Å²) in [6.07, 6.45) is 0. The molecule has 7 heteroatoms. The molecule has 134 valence electrons. The Morgan fingerprint density at radius 2 is 2.00 bits per heavy atom. The average Bonchev–Trinajstić information content (AvgIpc) is 3.26. The molecule has 0 saturated carbocycles. The van der Waals surface area contributed by atoms with E-state index in [1.54, 1.807) is 30.2 Å². The van der Waals surface area contributed by atoms with E-state index in [9.17, 15) is 4.79 Å². The van der Waals surface area contributed by atoms with Crippen LogP contribution in [0.25, 0.3) is 5.69 Å². The van der Waals surface area contributed by atoms with Gasteiger partial charge in [0.15, 0.2) is 0 Å². The average molecular weight is 386 g/mol. The Kier molecular flexibility index (Phi) is 4.50. The highest BCUT2D eigenvalue weighted by molar-refractivity contribution is 8.01. The molecule has 4 rings (SSSR count). The van der Waals surface area contributed by atoms with Gasteiger partial charge in [-0.3, -0.25) is 4.79 Å². The van der Waals surface area contributed by atoms with E-state index in [2.05, 4.69) is 22.1 Å². The lowest BCUT2D eigenvalue weighted by Gasteiger charge is -2.15. The van der Waals surface area contributed by atoms with Gasteiger partial charge < -0.3 is 10.1 Å². The molecule has 0 spiro atoms. The lowest BCUT2D eigenvalue weighted by molar-refractivity contribution is -0.115. The molecule has 3 heterocycles. The SMILES string of the molecule is COc1ccc(-n2nc(C)c3c2NC(=O)[C@H](C)S[C@H]3c2ccsc2)cc1. The molecular formula is C19H19N3O2S2. The van der Waals surface area contributed by atoms with Gasteiger partial charge in [0.25, 0.3) is 0 Å². The quantitative estimate of drug-likeness (QED) is 0.725. The number of ether oxygens (including phenoxy) is 1. The maximum atomic E-state index is 12.6. The predicted molar refractivity (Wildman–Crippen MR) is 107 cm³/mol. The van der Waals surface area contributed by atoms with Crippen LogP contribution < -0.4 is 10.1 Å². The molecule has 1 N–H and O–H groups in total. The van der Waals surface area contributed by atoms with Crippen LogP contribution in [-0.2, 0) is 4.79 Å². The standard InChI is InChI=1S/C19H19N3O2S2/c1-11-16-17(13-8-9-25-10-13)26-12(2)19(23)20-18(16)22(21-11)14-4-6-15(24-3)7-5-14/h4-10,12,17H,1-3H3,(H,20,23)/t12-,17-/m0/s1. The van der Waals surface area contributed by atoms with E-state index in [1.807, 2.05) is 42.8 Å². The third-order valence-electron chi connectivity index (χ3n) is 4.48. The summed E-state index contributed by atoms with van der Waals surface area (Å²) in [6.45, 7) is 3.95. The van der Waals surface area contributed by atoms with Gasteiger partial charge in [-0.25, -0.2) is 4.68 Å². The number of aryl methyl sites for hydroxylation is 1. The number of carbonyl (C=O) groups excluding carboxylic acids is 1. The Morgan fingerprint density at radius 1 is 1.23 bits per heavy atom. The van der Waals surface area contributed by atoms with Crippen molar-refractivity contribution in [2.75, 3.05) is 12.4 Å². The number of aromatic nitrogens is 2. The van der Waals surface area contributed by atoms with Gasteiger partial charge in [0.05, 0.1) is 29.0 Å². The Bertz CT molecular complexity index is 933. The van der Waals surface area contributed by atoms with E-state index >= 15 is 0 Å². The molecule has 1 aliphatic rings. The predicted octanol–water partition coefficient (Wildman–Crippen LogP) is 4.41. The number of thiophene rings is 1. The number of rotatable bonds is 3. The fourth-order valence-corrected chi connectivity index (χ4v) is 5.19. The molecule has 0 saturated heterocycles. The first kappa shape index (κ1) is 17.2. The molecule has 0 aliphatic carbocycles. The highest BCUT2D eigenvalue weighted by atomic mass is 32.2. The van der Waals surface area contributed by atoms with E-state index in [0.29, 0.717) is 0 Å². The summed E-state index contributed by atoms with van der Waals surface area (Å²) in [7, 11) is 1.64. The molecule has 0 bridgehead atoms. The monoisotopic (exact) mass is 385 g/mol. The van der Waals surface area contributed by atoms with Crippen molar-refractivity contribution < 1.29 is 9.53 Å². The number of amides is 1. The number of fused-ring (bicyclic) bond motifs is 1. The van der Waals surface area contributed by atoms with E-state index in [4.69, 9.17) is 9.84 Å². The number of hydrogen-bond donors (Lipinski definition) is 1. The van der Waals surface area contributed by atoms with E-state index in [0.717, 1.165) is 28.5 Å². The number of methoxy groups -OCH3 is 1. The number of thioether (sulfide) groups is 1. The molecule has 0 unspecified atom stereocenters. The Morgan fingerprint density at radius 3 is 2.65 bits per heavy atom. The Balaban J connectivity index is 1.87. The third kappa shape index (κ3) is 2.91. The van der Waals surface area contributed by atoms with Crippen LogP contribution in [0, 0.1) is 6.92 Å². The highest BCUT2D eigenvalue weighted by Crippen LogP contribution is 2.46. The van der Waals surface area contributed by atoms with Crippen molar-refractivity contribution in [3.05, 3.63) is 57.9 Å². The zero-order chi connectivity index (χ0) is 18.3. The van der Waals surface area contributed by atoms with Gasteiger partial charge >= 0.3 is 0 Å². The molecule has 5 nitrogen and oxygen atoms in total. The maximum Gasteiger partial charge on any atom is 0.238 e. The molecule has 0 fully saturated rings. The third-order valence-corrected chi connectivity index (χ3v) is 6.59. The number of anilines is 1. The van der Waals surface area contributed by atoms with Crippen LogP contribution in [0.3, 0.4) is 0 Å². The Hall–Kier alpha value is -2.25. The zero-order valence-corrected chi connectivity index (χ0v) is 16.4. The van der Waals surface area contributed by atoms with E-state index in [1.165, 1.54) is 5.56 Å². The lowest BCUT2D eigenvalue weighted by Crippen LogP contribution is -2.22. The molecular weight excluding hydrogens is 366 g/mol. The molecule has 3 aromatic rings. The topological polar surface area (TPSA) is 56.1 Å². The molecule has 1 aliphatic heterocycles.